The predicted octanol–water partition coefficient (Wildman–Crippen LogP) is 1.26. The minimum Gasteiger partial charge on any atom is -0.481 e. The Bertz CT molecular complexity index is 737. The van der Waals surface area contributed by atoms with Crippen LogP contribution in [-0.2, 0) is 9.59 Å². The first-order valence-corrected chi connectivity index (χ1v) is 9.35. The molecule has 0 aliphatic heterocycles. The summed E-state index contributed by atoms with van der Waals surface area (Å²) in [6.07, 6.45) is 4.40. The molecule has 0 bridgehead atoms. The van der Waals surface area contributed by atoms with Gasteiger partial charge in [-0.25, -0.2) is 0 Å². The number of carboxylic acids is 1. The summed E-state index contributed by atoms with van der Waals surface area (Å²) in [5.74, 6) is -1.61. The van der Waals surface area contributed by atoms with Crippen LogP contribution in [0.1, 0.15) is 48.9 Å². The maximum absolute atomic E-state index is 12.3. The smallest absolute Gasteiger partial charge is 0.303 e. The van der Waals surface area contributed by atoms with E-state index in [9.17, 15) is 14.4 Å². The van der Waals surface area contributed by atoms with Crippen LogP contribution in [0.2, 0.25) is 0 Å². The van der Waals surface area contributed by atoms with Crippen molar-refractivity contribution in [2.24, 2.45) is 11.7 Å². The standard InChI is InChI=1S/C19H27N5O4/c20-19(21)23-14-6-3-5-13(10-14)18(28)22-11-16(25)24-15-7-2-1-4-12(15)8-9-17(26)27/h3,5-6,10,12,15H,1-2,4,7-9,11H2,(H,22,28)(H,24,25)(H,26,27)(H4,20,21,23). The number of carbonyl (C=O) groups excluding carboxylic acids is 2. The second kappa shape index (κ2) is 10.3. The number of amides is 2. The van der Waals surface area contributed by atoms with Crippen LogP contribution in [0, 0.1) is 11.3 Å². The van der Waals surface area contributed by atoms with Crippen LogP contribution in [0.4, 0.5) is 5.69 Å². The summed E-state index contributed by atoms with van der Waals surface area (Å²) in [5, 5.41) is 24.2. The number of aliphatic carboxylic acids is 1. The lowest BCUT2D eigenvalue weighted by atomic mass is 9.81. The quantitative estimate of drug-likeness (QED) is 0.290. The van der Waals surface area contributed by atoms with Gasteiger partial charge in [0.15, 0.2) is 5.96 Å². The molecule has 1 fully saturated rings. The van der Waals surface area contributed by atoms with Crippen LogP contribution in [0.25, 0.3) is 0 Å². The van der Waals surface area contributed by atoms with Gasteiger partial charge in [-0.3, -0.25) is 19.8 Å². The Morgan fingerprint density at radius 3 is 2.68 bits per heavy atom. The molecule has 1 aliphatic rings. The summed E-state index contributed by atoms with van der Waals surface area (Å²) in [5.41, 5.74) is 6.12. The summed E-state index contributed by atoms with van der Waals surface area (Å²) >= 11 is 0. The third-order valence-electron chi connectivity index (χ3n) is 4.80. The van der Waals surface area contributed by atoms with Crippen molar-refractivity contribution in [3.8, 4) is 0 Å². The van der Waals surface area contributed by atoms with Crippen molar-refractivity contribution in [1.82, 2.24) is 10.6 Å². The lowest BCUT2D eigenvalue weighted by molar-refractivity contribution is -0.137. The molecule has 0 radical (unpaired) electrons. The summed E-state index contributed by atoms with van der Waals surface area (Å²) in [7, 11) is 0. The Morgan fingerprint density at radius 1 is 1.21 bits per heavy atom. The van der Waals surface area contributed by atoms with E-state index in [-0.39, 0.29) is 36.8 Å². The van der Waals surface area contributed by atoms with Gasteiger partial charge in [-0.2, -0.15) is 0 Å². The van der Waals surface area contributed by atoms with Crippen molar-refractivity contribution in [2.75, 3.05) is 11.9 Å². The molecule has 2 amide bonds. The maximum atomic E-state index is 12.3. The van der Waals surface area contributed by atoms with Crippen LogP contribution in [0.15, 0.2) is 24.3 Å². The van der Waals surface area contributed by atoms with Gasteiger partial charge in [0, 0.05) is 23.7 Å². The van der Waals surface area contributed by atoms with Crippen LogP contribution in [0.3, 0.4) is 0 Å². The Kier molecular flexibility index (Phi) is 7.79. The van der Waals surface area contributed by atoms with Crippen molar-refractivity contribution in [3.63, 3.8) is 0 Å². The number of carbonyl (C=O) groups is 3. The SMILES string of the molecule is N=C(N)Nc1cccc(C(=O)NCC(=O)NC2CCCCC2CCC(=O)O)c1. The van der Waals surface area contributed by atoms with Crippen LogP contribution >= 0.6 is 0 Å². The van der Waals surface area contributed by atoms with Crippen molar-refractivity contribution in [2.45, 2.75) is 44.6 Å². The number of hydrogen-bond donors (Lipinski definition) is 6. The van der Waals surface area contributed by atoms with Gasteiger partial charge >= 0.3 is 5.97 Å². The van der Waals surface area contributed by atoms with E-state index >= 15 is 0 Å². The molecule has 2 unspecified atom stereocenters. The zero-order valence-corrected chi connectivity index (χ0v) is 15.7. The monoisotopic (exact) mass is 389 g/mol. The average Bonchev–Trinajstić information content (AvgIpc) is 2.65. The highest BCUT2D eigenvalue weighted by atomic mass is 16.4. The van der Waals surface area contributed by atoms with Gasteiger partial charge in [0.25, 0.3) is 5.91 Å². The van der Waals surface area contributed by atoms with Crippen LogP contribution < -0.4 is 21.7 Å². The summed E-state index contributed by atoms with van der Waals surface area (Å²) in [6.45, 7) is -0.161. The van der Waals surface area contributed by atoms with E-state index in [1.165, 1.54) is 6.07 Å². The number of benzene rings is 1. The van der Waals surface area contributed by atoms with Crippen LogP contribution in [-0.4, -0.2) is 41.4 Å². The van der Waals surface area contributed by atoms with E-state index in [1.54, 1.807) is 18.2 Å². The predicted molar refractivity (Wildman–Crippen MR) is 105 cm³/mol. The summed E-state index contributed by atoms with van der Waals surface area (Å²) < 4.78 is 0. The molecule has 0 saturated heterocycles. The van der Waals surface area contributed by atoms with Crippen LogP contribution in [0.5, 0.6) is 0 Å². The molecule has 152 valence electrons. The average molecular weight is 389 g/mol. The fourth-order valence-electron chi connectivity index (χ4n) is 3.47. The Morgan fingerprint density at radius 2 is 1.96 bits per heavy atom. The van der Waals surface area contributed by atoms with E-state index in [2.05, 4.69) is 16.0 Å². The highest BCUT2D eigenvalue weighted by molar-refractivity contribution is 5.98. The van der Waals surface area contributed by atoms with Gasteiger partial charge in [-0.05, 0) is 43.4 Å². The van der Waals surface area contributed by atoms with Gasteiger partial charge in [0.1, 0.15) is 0 Å². The number of hydrogen-bond acceptors (Lipinski definition) is 4. The Hall–Kier alpha value is -3.10. The second-order valence-corrected chi connectivity index (χ2v) is 6.95. The number of carboxylic acid groups (broad SMARTS) is 1. The molecule has 0 aromatic heterocycles. The molecule has 7 N–H and O–H groups in total. The summed E-state index contributed by atoms with van der Waals surface area (Å²) in [4.78, 5) is 35.3. The minimum absolute atomic E-state index is 0.0550. The number of anilines is 1. The molecular formula is C19H27N5O4. The van der Waals surface area contributed by atoms with Gasteiger partial charge < -0.3 is 26.8 Å². The summed E-state index contributed by atoms with van der Waals surface area (Å²) in [6, 6.07) is 6.40. The van der Waals surface area contributed by atoms with E-state index in [0.717, 1.165) is 25.7 Å². The zero-order valence-electron chi connectivity index (χ0n) is 15.7. The topological polar surface area (TPSA) is 157 Å². The number of nitrogens with one attached hydrogen (secondary N) is 4. The first-order valence-electron chi connectivity index (χ1n) is 9.35. The molecule has 0 heterocycles. The molecule has 1 saturated carbocycles. The largest absolute Gasteiger partial charge is 0.481 e. The molecule has 28 heavy (non-hydrogen) atoms. The lowest BCUT2D eigenvalue weighted by Crippen LogP contribution is -2.46. The van der Waals surface area contributed by atoms with Crippen molar-refractivity contribution in [3.05, 3.63) is 29.8 Å². The Labute approximate surface area is 163 Å². The fraction of sp³-hybridized carbons (Fsp3) is 0.474. The van der Waals surface area contributed by atoms with Crippen molar-refractivity contribution >= 4 is 29.4 Å². The molecule has 0 spiro atoms. The normalized spacial score (nSPS) is 18.7. The zero-order chi connectivity index (χ0) is 20.5. The van der Waals surface area contributed by atoms with Gasteiger partial charge in [0.05, 0.1) is 6.54 Å². The van der Waals surface area contributed by atoms with Gasteiger partial charge in [-0.1, -0.05) is 18.9 Å². The fourth-order valence-corrected chi connectivity index (χ4v) is 3.47. The number of nitrogens with two attached hydrogens (primary N) is 1. The highest BCUT2D eigenvalue weighted by Crippen LogP contribution is 2.28. The third kappa shape index (κ3) is 6.90. The Balaban J connectivity index is 1.84. The third-order valence-corrected chi connectivity index (χ3v) is 4.80. The van der Waals surface area contributed by atoms with Gasteiger partial charge in [-0.15, -0.1) is 0 Å². The van der Waals surface area contributed by atoms with E-state index in [4.69, 9.17) is 16.2 Å². The van der Waals surface area contributed by atoms with Crippen molar-refractivity contribution < 1.29 is 19.5 Å². The highest BCUT2D eigenvalue weighted by Gasteiger charge is 2.26. The molecule has 1 aromatic rings. The molecule has 2 rings (SSSR count). The maximum Gasteiger partial charge on any atom is 0.303 e. The minimum atomic E-state index is -0.829. The number of guanidine groups is 1. The van der Waals surface area contributed by atoms with Crippen molar-refractivity contribution in [1.29, 1.82) is 5.41 Å². The molecule has 1 aromatic carbocycles. The molecular weight excluding hydrogens is 362 g/mol. The first-order chi connectivity index (χ1) is 13.3. The second-order valence-electron chi connectivity index (χ2n) is 6.95. The van der Waals surface area contributed by atoms with Gasteiger partial charge in [0.2, 0.25) is 5.91 Å². The molecule has 1 aliphatic carbocycles. The number of rotatable bonds is 8. The first kappa shape index (κ1) is 21.2. The molecule has 9 nitrogen and oxygen atoms in total. The lowest BCUT2D eigenvalue weighted by Gasteiger charge is -2.32. The van der Waals surface area contributed by atoms with E-state index in [0.29, 0.717) is 17.7 Å². The molecule has 9 heteroatoms. The molecule has 2 atom stereocenters. The van der Waals surface area contributed by atoms with E-state index < -0.39 is 11.9 Å². The van der Waals surface area contributed by atoms with E-state index in [1.807, 2.05) is 0 Å².